The lowest BCUT2D eigenvalue weighted by Gasteiger charge is -2.36. The summed E-state index contributed by atoms with van der Waals surface area (Å²) in [4.78, 5) is 62.3. The monoisotopic (exact) mass is 669 g/mol. The Hall–Kier alpha value is -4.28. The summed E-state index contributed by atoms with van der Waals surface area (Å²) >= 11 is 0. The van der Waals surface area contributed by atoms with Crippen molar-refractivity contribution in [3.8, 4) is 0 Å². The first-order valence-electron chi connectivity index (χ1n) is 17.4. The highest BCUT2D eigenvalue weighted by Gasteiger charge is 2.72. The Balaban J connectivity index is 1.44. The Labute approximate surface area is 288 Å². The second-order valence-corrected chi connectivity index (χ2v) is 13.7. The minimum absolute atomic E-state index is 0.0405. The third-order valence-corrected chi connectivity index (χ3v) is 10.7. The fourth-order valence-corrected chi connectivity index (χ4v) is 8.13. The molecule has 260 valence electrons. The van der Waals surface area contributed by atoms with Crippen LogP contribution in [0.15, 0.2) is 72.8 Å². The number of carbonyl (C=O) groups excluding carboxylic acids is 4. The maximum absolute atomic E-state index is 14.9. The number of aliphatic hydroxyl groups excluding tert-OH is 1. The summed E-state index contributed by atoms with van der Waals surface area (Å²) in [6, 6.07) is 13.7. The first-order valence-corrected chi connectivity index (χ1v) is 17.4. The summed E-state index contributed by atoms with van der Waals surface area (Å²) in [5.41, 5.74) is 1.98. The Morgan fingerprint density at radius 3 is 2.37 bits per heavy atom. The quantitative estimate of drug-likeness (QED) is 0.264. The Morgan fingerprint density at radius 1 is 0.918 bits per heavy atom. The molecule has 0 radical (unpaired) electrons. The van der Waals surface area contributed by atoms with Gasteiger partial charge in [0.05, 0.1) is 18.1 Å². The fraction of sp³-hybridized carbons (Fsp3) is 0.487. The van der Waals surface area contributed by atoms with Crippen molar-refractivity contribution < 1.29 is 33.8 Å². The number of fused-ring (bicyclic) bond motifs is 2. The van der Waals surface area contributed by atoms with Crippen LogP contribution in [-0.4, -0.2) is 89.1 Å². The lowest BCUT2D eigenvalue weighted by Crippen LogP contribution is -2.55. The number of aliphatic hydroxyl groups is 1. The van der Waals surface area contributed by atoms with Gasteiger partial charge in [-0.3, -0.25) is 19.2 Å². The number of nitrogens with zero attached hydrogens (tertiary/aromatic N) is 3. The summed E-state index contributed by atoms with van der Waals surface area (Å²) in [5, 5.41) is 9.41. The van der Waals surface area contributed by atoms with Crippen molar-refractivity contribution in [2.24, 2.45) is 11.8 Å². The Morgan fingerprint density at radius 2 is 1.65 bits per heavy atom. The lowest BCUT2D eigenvalue weighted by atomic mass is 9.77. The third kappa shape index (κ3) is 6.21. The number of hydrogen-bond donors (Lipinski definition) is 1. The van der Waals surface area contributed by atoms with Gasteiger partial charge < -0.3 is 29.3 Å². The van der Waals surface area contributed by atoms with E-state index in [2.05, 4.69) is 0 Å². The molecular formula is C39H47N3O7. The topological polar surface area (TPSA) is 117 Å². The number of hydrogen-bond acceptors (Lipinski definition) is 7. The Kier molecular flexibility index (Phi) is 10.1. The smallest absolute Gasteiger partial charge is 0.313 e. The molecule has 2 aromatic rings. The maximum Gasteiger partial charge on any atom is 0.313 e. The molecule has 0 unspecified atom stereocenters. The SMILES string of the molecule is Cc1cccc(C)c1N1CC=C[C@]23O[C@@H]4/C=C\CCC(=O)N(C)[C@H](C)[C@@H](c5ccccc5)OC(=O)[C@@H]4[C@H]2C(=O)N(CCCCCO)[C@@H]3C1=O. The average Bonchev–Trinajstić information content (AvgIpc) is 3.48. The van der Waals surface area contributed by atoms with Crippen molar-refractivity contribution in [1.82, 2.24) is 9.80 Å². The standard InChI is InChI=1S/C39H47N3O7/c1-25-15-13-16-26(2)33(25)41-23-14-21-39-32(36(45)42(35(39)37(41)46)22-11-6-12-24-43)31-29(49-39)19-9-10-20-30(44)40(4)27(3)34(48-38(31)47)28-17-7-5-8-18-28/h5,7-9,13-19,21,27,29,31-32,34-35,43H,6,10-12,20,22-24H2,1-4H3/b19-9-/t27-,29-,31+,32+,34+,35-,39+/m1/s1. The molecule has 6 rings (SSSR count). The molecular weight excluding hydrogens is 622 g/mol. The molecule has 4 aliphatic heterocycles. The number of amides is 3. The molecule has 0 aromatic heterocycles. The van der Waals surface area contributed by atoms with Crippen LogP contribution in [0.5, 0.6) is 0 Å². The number of aryl methyl sites for hydroxylation is 2. The van der Waals surface area contributed by atoms with E-state index < -0.39 is 47.7 Å². The van der Waals surface area contributed by atoms with Crippen LogP contribution in [0.3, 0.4) is 0 Å². The van der Waals surface area contributed by atoms with E-state index in [4.69, 9.17) is 9.47 Å². The van der Waals surface area contributed by atoms with Gasteiger partial charge in [-0.1, -0.05) is 72.8 Å². The number of unbranched alkanes of at least 4 members (excludes halogenated alkanes) is 2. The molecule has 4 aliphatic rings. The van der Waals surface area contributed by atoms with Gasteiger partial charge in [0.1, 0.15) is 23.7 Å². The molecule has 2 saturated heterocycles. The highest BCUT2D eigenvalue weighted by Crippen LogP contribution is 2.54. The summed E-state index contributed by atoms with van der Waals surface area (Å²) in [5.74, 6) is -3.31. The lowest BCUT2D eigenvalue weighted by molar-refractivity contribution is -0.164. The molecule has 1 spiro atoms. The van der Waals surface area contributed by atoms with Gasteiger partial charge in [0.25, 0.3) is 5.91 Å². The van der Waals surface area contributed by atoms with Crippen molar-refractivity contribution >= 4 is 29.4 Å². The van der Waals surface area contributed by atoms with Gasteiger partial charge in [-0.25, -0.2) is 0 Å². The summed E-state index contributed by atoms with van der Waals surface area (Å²) < 4.78 is 13.2. The van der Waals surface area contributed by atoms with Crippen LogP contribution in [0.2, 0.25) is 0 Å². The molecule has 10 heteroatoms. The number of rotatable bonds is 7. The third-order valence-electron chi connectivity index (χ3n) is 10.7. The van der Waals surface area contributed by atoms with Gasteiger partial charge in [-0.05, 0) is 63.1 Å². The van der Waals surface area contributed by atoms with E-state index in [0.29, 0.717) is 25.7 Å². The van der Waals surface area contributed by atoms with Crippen LogP contribution in [0, 0.1) is 25.7 Å². The number of likely N-dealkylation sites (N-methyl/N-ethyl adjacent to an activating group) is 1. The summed E-state index contributed by atoms with van der Waals surface area (Å²) in [6.45, 7) is 6.39. The van der Waals surface area contributed by atoms with E-state index in [1.807, 2.05) is 87.5 Å². The van der Waals surface area contributed by atoms with Gasteiger partial charge in [-0.2, -0.15) is 0 Å². The molecule has 2 aromatic carbocycles. The van der Waals surface area contributed by atoms with Crippen LogP contribution in [0.4, 0.5) is 5.69 Å². The normalized spacial score (nSPS) is 31.0. The minimum atomic E-state index is -1.42. The molecule has 4 heterocycles. The summed E-state index contributed by atoms with van der Waals surface area (Å²) in [7, 11) is 1.71. The van der Waals surface area contributed by atoms with E-state index in [1.165, 1.54) is 0 Å². The first-order chi connectivity index (χ1) is 23.6. The molecule has 1 N–H and O–H groups in total. The highest BCUT2D eigenvalue weighted by atomic mass is 16.6. The number of carbonyl (C=O) groups is 4. The van der Waals surface area contributed by atoms with E-state index in [1.54, 1.807) is 27.8 Å². The number of benzene rings is 2. The van der Waals surface area contributed by atoms with Gasteiger partial charge in [0.2, 0.25) is 11.8 Å². The fourth-order valence-electron chi connectivity index (χ4n) is 8.13. The molecule has 0 saturated carbocycles. The molecule has 7 atom stereocenters. The Bertz CT molecular complexity index is 1620. The number of esters is 1. The second-order valence-electron chi connectivity index (χ2n) is 13.7. The number of anilines is 1. The zero-order chi connectivity index (χ0) is 34.9. The van der Waals surface area contributed by atoms with E-state index >= 15 is 0 Å². The van der Waals surface area contributed by atoms with E-state index in [-0.39, 0.29) is 43.8 Å². The van der Waals surface area contributed by atoms with Gasteiger partial charge >= 0.3 is 5.97 Å². The van der Waals surface area contributed by atoms with Crippen molar-refractivity contribution in [3.63, 3.8) is 0 Å². The highest BCUT2D eigenvalue weighted by molar-refractivity contribution is 6.06. The second kappa shape index (κ2) is 14.3. The average molecular weight is 670 g/mol. The number of cyclic esters (lactones) is 1. The van der Waals surface area contributed by atoms with E-state index in [9.17, 15) is 24.3 Å². The molecule has 2 fully saturated rings. The predicted molar refractivity (Wildman–Crippen MR) is 184 cm³/mol. The minimum Gasteiger partial charge on any atom is -0.455 e. The van der Waals surface area contributed by atoms with Crippen molar-refractivity contribution in [2.75, 3.05) is 31.6 Å². The van der Waals surface area contributed by atoms with Crippen LogP contribution in [0.25, 0.3) is 0 Å². The first kappa shape index (κ1) is 34.6. The van der Waals surface area contributed by atoms with Crippen LogP contribution < -0.4 is 4.90 Å². The number of allylic oxidation sites excluding steroid dienone is 1. The van der Waals surface area contributed by atoms with Gasteiger partial charge in [0, 0.05) is 38.9 Å². The molecule has 0 bridgehead atoms. The molecule has 3 amide bonds. The molecule has 0 aliphatic carbocycles. The predicted octanol–water partition coefficient (Wildman–Crippen LogP) is 4.43. The molecule has 10 nitrogen and oxygen atoms in total. The maximum atomic E-state index is 14.9. The van der Waals surface area contributed by atoms with Gasteiger partial charge in [-0.15, -0.1) is 0 Å². The van der Waals surface area contributed by atoms with Gasteiger partial charge in [0.15, 0.2) is 0 Å². The van der Waals surface area contributed by atoms with Crippen LogP contribution in [0.1, 0.15) is 61.8 Å². The molecule has 49 heavy (non-hydrogen) atoms. The zero-order valence-electron chi connectivity index (χ0n) is 28.8. The van der Waals surface area contributed by atoms with Crippen molar-refractivity contribution in [2.45, 2.75) is 82.8 Å². The summed E-state index contributed by atoms with van der Waals surface area (Å²) in [6.07, 6.45) is 8.17. The number of ether oxygens (including phenoxy) is 2. The number of para-hydroxylation sites is 1. The largest absolute Gasteiger partial charge is 0.455 e. The van der Waals surface area contributed by atoms with Crippen LogP contribution >= 0.6 is 0 Å². The van der Waals surface area contributed by atoms with Crippen molar-refractivity contribution in [3.05, 3.63) is 89.5 Å². The van der Waals surface area contributed by atoms with E-state index in [0.717, 1.165) is 22.4 Å². The van der Waals surface area contributed by atoms with Crippen molar-refractivity contribution in [1.29, 1.82) is 0 Å². The number of likely N-dealkylation sites (tertiary alicyclic amines) is 1. The van der Waals surface area contributed by atoms with Crippen LogP contribution in [-0.2, 0) is 28.7 Å². The zero-order valence-corrected chi connectivity index (χ0v) is 28.8.